The Balaban J connectivity index is 2.54. The van der Waals surface area contributed by atoms with Crippen LogP contribution in [0.15, 0.2) is 17.6 Å². The summed E-state index contributed by atoms with van der Waals surface area (Å²) in [6, 6.07) is 0. The first-order chi connectivity index (χ1) is 7.77. The van der Waals surface area contributed by atoms with Crippen LogP contribution in [0.4, 0.5) is 0 Å². The van der Waals surface area contributed by atoms with E-state index >= 15 is 0 Å². The fraction of sp³-hybridized carbons (Fsp3) is 0.444. The Morgan fingerprint density at radius 3 is 2.94 bits per heavy atom. The maximum Gasteiger partial charge on any atom is 0.347 e. The summed E-state index contributed by atoms with van der Waals surface area (Å²) in [4.78, 5) is 4.12. The van der Waals surface area contributed by atoms with Crippen LogP contribution in [0, 0.1) is 0 Å². The average molecular weight is 240 g/mol. The van der Waals surface area contributed by atoms with Crippen molar-refractivity contribution in [1.82, 2.24) is 19.6 Å². The summed E-state index contributed by atoms with van der Waals surface area (Å²) in [5.41, 5.74) is 0.550. The van der Waals surface area contributed by atoms with Crippen molar-refractivity contribution in [1.29, 1.82) is 0 Å². The summed E-state index contributed by atoms with van der Waals surface area (Å²) in [6.45, 7) is 4.18. The summed E-state index contributed by atoms with van der Waals surface area (Å²) in [5, 5.41) is 8.21. The average Bonchev–Trinajstić information content (AvgIpc) is 2.78. The van der Waals surface area contributed by atoms with Crippen LogP contribution in [-0.4, -0.2) is 36.5 Å². The molecule has 2 aromatic rings. The van der Waals surface area contributed by atoms with Crippen LogP contribution in [-0.2, 0) is 11.2 Å². The lowest BCUT2D eigenvalue weighted by Crippen LogP contribution is -2.14. The number of nitrogens with zero attached hydrogens (tertiary/aromatic N) is 4. The fourth-order valence-electron chi connectivity index (χ4n) is 1.31. The van der Waals surface area contributed by atoms with Crippen LogP contribution in [0.5, 0.6) is 5.88 Å². The van der Waals surface area contributed by atoms with Crippen LogP contribution in [0.2, 0.25) is 0 Å². The minimum absolute atomic E-state index is 0.365. The van der Waals surface area contributed by atoms with Crippen molar-refractivity contribution >= 4 is 16.8 Å². The third-order valence-corrected chi connectivity index (χ3v) is 3.22. The number of fused-ring (bicyclic) bond motifs is 1. The van der Waals surface area contributed by atoms with Crippen LogP contribution >= 0.6 is 0 Å². The molecule has 7 heteroatoms. The van der Waals surface area contributed by atoms with Gasteiger partial charge in [0.25, 0.3) is 5.88 Å². The van der Waals surface area contributed by atoms with Gasteiger partial charge in [-0.1, -0.05) is 5.10 Å². The second-order valence-electron chi connectivity index (χ2n) is 2.98. The molecule has 1 unspecified atom stereocenters. The van der Waals surface area contributed by atoms with E-state index in [-0.39, 0.29) is 0 Å². The highest BCUT2D eigenvalue weighted by Crippen LogP contribution is 2.17. The Morgan fingerprint density at radius 1 is 1.44 bits per heavy atom. The van der Waals surface area contributed by atoms with E-state index in [1.54, 1.807) is 16.8 Å². The summed E-state index contributed by atoms with van der Waals surface area (Å²) in [6.07, 6.45) is 3.31. The molecule has 0 spiro atoms. The van der Waals surface area contributed by atoms with Gasteiger partial charge in [-0.25, -0.2) is 9.38 Å². The zero-order chi connectivity index (χ0) is 11.5. The second-order valence-corrected chi connectivity index (χ2v) is 4.61. The molecule has 0 aliphatic rings. The van der Waals surface area contributed by atoms with E-state index in [9.17, 15) is 4.55 Å². The molecule has 16 heavy (non-hydrogen) atoms. The van der Waals surface area contributed by atoms with Crippen LogP contribution in [0.3, 0.4) is 0 Å². The van der Waals surface area contributed by atoms with Gasteiger partial charge in [-0.3, -0.25) is 0 Å². The molecule has 0 amide bonds. The zero-order valence-corrected chi connectivity index (χ0v) is 9.90. The monoisotopic (exact) mass is 240 g/mol. The smallest absolute Gasteiger partial charge is 0.347 e. The van der Waals surface area contributed by atoms with Crippen molar-refractivity contribution in [3.63, 3.8) is 0 Å². The Labute approximate surface area is 95.8 Å². The Kier molecular flexibility index (Phi) is 3.25. The lowest BCUT2D eigenvalue weighted by atomic mass is 10.7. The van der Waals surface area contributed by atoms with Crippen molar-refractivity contribution in [3.05, 3.63) is 12.4 Å². The van der Waals surface area contributed by atoms with Gasteiger partial charge in [0.15, 0.2) is 0 Å². The molecule has 0 bridgehead atoms. The summed E-state index contributed by atoms with van der Waals surface area (Å²) in [5.74, 6) is 0.861. The first kappa shape index (κ1) is 11.2. The third-order valence-electron chi connectivity index (χ3n) is 2.01. The van der Waals surface area contributed by atoms with E-state index in [1.165, 1.54) is 0 Å². The summed E-state index contributed by atoms with van der Waals surface area (Å²) in [7, 11) is 0. The third kappa shape index (κ3) is 1.83. The van der Waals surface area contributed by atoms with Crippen molar-refractivity contribution < 1.29 is 9.29 Å². The van der Waals surface area contributed by atoms with Gasteiger partial charge < -0.3 is 9.29 Å². The highest BCUT2D eigenvalue weighted by molar-refractivity contribution is 7.91. The minimum Gasteiger partial charge on any atom is -0.609 e. The van der Waals surface area contributed by atoms with Crippen LogP contribution in [0.25, 0.3) is 5.65 Å². The van der Waals surface area contributed by atoms with Gasteiger partial charge in [-0.2, -0.15) is 0 Å². The highest BCUT2D eigenvalue weighted by Gasteiger charge is 2.19. The van der Waals surface area contributed by atoms with Gasteiger partial charge in [-0.05, 0) is 13.8 Å². The fourth-order valence-corrected chi connectivity index (χ4v) is 2.07. The van der Waals surface area contributed by atoms with Gasteiger partial charge in [0.1, 0.15) is 5.75 Å². The molecule has 1 atom stereocenters. The predicted molar refractivity (Wildman–Crippen MR) is 58.9 cm³/mol. The number of aromatic nitrogens is 4. The minimum atomic E-state index is -1.16. The lowest BCUT2D eigenvalue weighted by molar-refractivity contribution is 0.322. The standard InChI is InChI=1S/C9H12N4O2S/c1-3-15-8-7-10-5-6-13(7)9(12-11-8)16(14)4-2/h5-6H,3-4H2,1-2H3. The zero-order valence-electron chi connectivity index (χ0n) is 9.08. The summed E-state index contributed by atoms with van der Waals surface area (Å²) >= 11 is -1.16. The molecule has 0 fully saturated rings. The quantitative estimate of drug-likeness (QED) is 0.733. The van der Waals surface area contributed by atoms with Crippen molar-refractivity contribution in [2.24, 2.45) is 0 Å². The second kappa shape index (κ2) is 4.67. The first-order valence-corrected chi connectivity index (χ1v) is 6.30. The predicted octanol–water partition coefficient (Wildman–Crippen LogP) is 0.650. The van der Waals surface area contributed by atoms with Crippen LogP contribution < -0.4 is 4.74 Å². The highest BCUT2D eigenvalue weighted by atomic mass is 32.2. The molecular formula is C9H12N4O2S. The molecule has 0 aliphatic carbocycles. The lowest BCUT2D eigenvalue weighted by Gasteiger charge is -2.09. The molecule has 2 rings (SSSR count). The van der Waals surface area contributed by atoms with Crippen molar-refractivity contribution in [2.75, 3.05) is 12.4 Å². The number of hydrogen-bond donors (Lipinski definition) is 0. The maximum absolute atomic E-state index is 11.7. The van der Waals surface area contributed by atoms with Gasteiger partial charge in [-0.15, -0.1) is 5.10 Å². The van der Waals surface area contributed by atoms with E-state index in [4.69, 9.17) is 4.74 Å². The molecule has 2 heterocycles. The first-order valence-electron chi connectivity index (χ1n) is 4.98. The topological polar surface area (TPSA) is 75.4 Å². The molecule has 86 valence electrons. The van der Waals surface area contributed by atoms with Crippen molar-refractivity contribution in [2.45, 2.75) is 19.0 Å². The SMILES string of the molecule is CCOc1nnc([S+]([O-])CC)n2ccnc12. The maximum atomic E-state index is 11.7. The molecule has 0 saturated heterocycles. The molecule has 2 aromatic heterocycles. The largest absolute Gasteiger partial charge is 0.609 e. The molecule has 0 aliphatic heterocycles. The molecule has 6 nitrogen and oxygen atoms in total. The number of hydrogen-bond acceptors (Lipinski definition) is 5. The Hall–Kier alpha value is -1.34. The number of ether oxygens (including phenoxy) is 1. The molecule has 0 radical (unpaired) electrons. The number of imidazole rings is 1. The molecular weight excluding hydrogens is 228 g/mol. The van der Waals surface area contributed by atoms with Crippen LogP contribution in [0.1, 0.15) is 13.8 Å². The Morgan fingerprint density at radius 2 is 2.25 bits per heavy atom. The summed E-state index contributed by atoms with van der Waals surface area (Å²) < 4.78 is 18.7. The van der Waals surface area contributed by atoms with E-state index in [1.807, 2.05) is 13.8 Å². The van der Waals surface area contributed by atoms with Gasteiger partial charge >= 0.3 is 5.16 Å². The van der Waals surface area contributed by atoms with Gasteiger partial charge in [0.2, 0.25) is 5.65 Å². The van der Waals surface area contributed by atoms with E-state index < -0.39 is 11.2 Å². The number of rotatable bonds is 4. The van der Waals surface area contributed by atoms with E-state index in [0.717, 1.165) is 0 Å². The van der Waals surface area contributed by atoms with Crippen molar-refractivity contribution in [3.8, 4) is 5.88 Å². The van der Waals surface area contributed by atoms with E-state index in [0.29, 0.717) is 29.0 Å². The van der Waals surface area contributed by atoms with Gasteiger partial charge in [0, 0.05) is 23.6 Å². The molecule has 0 N–H and O–H groups in total. The molecule has 0 aromatic carbocycles. The van der Waals surface area contributed by atoms with E-state index in [2.05, 4.69) is 15.2 Å². The Bertz CT molecular complexity index is 487. The molecule has 0 saturated carbocycles. The van der Waals surface area contributed by atoms with Gasteiger partial charge in [0.05, 0.1) is 6.61 Å². The normalized spacial score (nSPS) is 12.9.